The van der Waals surface area contributed by atoms with Crippen LogP contribution in [0.5, 0.6) is 0 Å². The van der Waals surface area contributed by atoms with E-state index in [4.69, 9.17) is 0 Å². The lowest BCUT2D eigenvalue weighted by atomic mass is 9.97. The lowest BCUT2D eigenvalue weighted by Crippen LogP contribution is -2.13. The number of benzene rings is 1. The van der Waals surface area contributed by atoms with Gasteiger partial charge in [-0.25, -0.2) is 9.97 Å². The molecule has 1 atom stereocenters. The topological polar surface area (TPSA) is 37.8 Å². The highest BCUT2D eigenvalue weighted by Gasteiger charge is 2.13. The van der Waals surface area contributed by atoms with E-state index >= 15 is 0 Å². The van der Waals surface area contributed by atoms with Gasteiger partial charge >= 0.3 is 0 Å². The fraction of sp³-hybridized carbons (Fsp3) is 0.333. The van der Waals surface area contributed by atoms with Crippen LogP contribution < -0.4 is 5.32 Å². The molecule has 1 N–H and O–H groups in total. The summed E-state index contributed by atoms with van der Waals surface area (Å²) in [5.41, 5.74) is 2.27. The van der Waals surface area contributed by atoms with Crippen LogP contribution in [0.3, 0.4) is 0 Å². The largest absolute Gasteiger partial charge is 0.376 e. The average Bonchev–Trinajstić information content (AvgIpc) is 2.40. The molecule has 2 aromatic rings. The molecule has 2 rings (SSSR count). The van der Waals surface area contributed by atoms with Gasteiger partial charge in [-0.05, 0) is 17.9 Å². The van der Waals surface area contributed by atoms with Crippen molar-refractivity contribution in [1.29, 1.82) is 0 Å². The number of hydrogen-bond acceptors (Lipinski definition) is 3. The minimum Gasteiger partial charge on any atom is -0.376 e. The van der Waals surface area contributed by atoms with E-state index in [0.29, 0.717) is 12.0 Å². The molecule has 18 heavy (non-hydrogen) atoms. The molecule has 0 saturated heterocycles. The van der Waals surface area contributed by atoms with Gasteiger partial charge < -0.3 is 5.32 Å². The fourth-order valence-electron chi connectivity index (χ4n) is 2.01. The molecule has 0 radical (unpaired) electrons. The van der Waals surface area contributed by atoms with Gasteiger partial charge in [-0.3, -0.25) is 0 Å². The molecule has 0 aliphatic heterocycles. The Morgan fingerprint density at radius 3 is 2.33 bits per heavy atom. The molecule has 0 aliphatic rings. The number of aromatic nitrogens is 2. The standard InChI is InChI=1S/C15H19N3/c1-12(2)8-15(13-6-4-3-5-7-13)18-14-9-16-11-17-10-14/h3-7,9-12,15,18H,8H2,1-2H3. The van der Waals surface area contributed by atoms with Crippen LogP contribution in [0.2, 0.25) is 0 Å². The van der Waals surface area contributed by atoms with Crippen LogP contribution in [0.4, 0.5) is 5.69 Å². The van der Waals surface area contributed by atoms with Crippen molar-refractivity contribution in [1.82, 2.24) is 9.97 Å². The second-order valence-corrected chi connectivity index (χ2v) is 4.86. The summed E-state index contributed by atoms with van der Waals surface area (Å²) in [7, 11) is 0. The Morgan fingerprint density at radius 2 is 1.72 bits per heavy atom. The Balaban J connectivity index is 2.16. The smallest absolute Gasteiger partial charge is 0.115 e. The first-order chi connectivity index (χ1) is 8.75. The van der Waals surface area contributed by atoms with Crippen molar-refractivity contribution >= 4 is 5.69 Å². The molecule has 0 aliphatic carbocycles. The molecule has 0 fully saturated rings. The minimum absolute atomic E-state index is 0.303. The van der Waals surface area contributed by atoms with Crippen molar-refractivity contribution in [3.05, 3.63) is 54.6 Å². The maximum atomic E-state index is 4.04. The van der Waals surface area contributed by atoms with Crippen molar-refractivity contribution < 1.29 is 0 Å². The molecular weight excluding hydrogens is 222 g/mol. The maximum Gasteiger partial charge on any atom is 0.115 e. The van der Waals surface area contributed by atoms with E-state index in [9.17, 15) is 0 Å². The summed E-state index contributed by atoms with van der Waals surface area (Å²) in [5, 5.41) is 3.50. The van der Waals surface area contributed by atoms with Crippen LogP contribution in [0, 0.1) is 5.92 Å². The number of anilines is 1. The summed E-state index contributed by atoms with van der Waals surface area (Å²) in [5.74, 6) is 0.632. The summed E-state index contributed by atoms with van der Waals surface area (Å²) in [6, 6.07) is 10.8. The SMILES string of the molecule is CC(C)CC(Nc1cncnc1)c1ccccc1. The molecule has 1 aromatic heterocycles. The van der Waals surface area contributed by atoms with Crippen LogP contribution in [0.25, 0.3) is 0 Å². The van der Waals surface area contributed by atoms with E-state index < -0.39 is 0 Å². The number of hydrogen-bond donors (Lipinski definition) is 1. The zero-order valence-electron chi connectivity index (χ0n) is 10.9. The minimum atomic E-state index is 0.303. The summed E-state index contributed by atoms with van der Waals surface area (Å²) in [4.78, 5) is 8.07. The number of nitrogens with one attached hydrogen (secondary N) is 1. The van der Waals surface area contributed by atoms with Gasteiger partial charge in [0.15, 0.2) is 0 Å². The van der Waals surface area contributed by atoms with Gasteiger partial charge in [-0.1, -0.05) is 44.2 Å². The Bertz CT molecular complexity index is 454. The highest BCUT2D eigenvalue weighted by Crippen LogP contribution is 2.25. The highest BCUT2D eigenvalue weighted by atomic mass is 15.0. The molecule has 0 saturated carbocycles. The van der Waals surface area contributed by atoms with Crippen LogP contribution in [0.1, 0.15) is 31.9 Å². The molecule has 3 nitrogen and oxygen atoms in total. The Hall–Kier alpha value is -1.90. The summed E-state index contributed by atoms with van der Waals surface area (Å²) in [6.07, 6.45) is 6.25. The molecule has 0 amide bonds. The predicted octanol–water partition coefficient (Wildman–Crippen LogP) is 3.68. The Labute approximate surface area is 108 Å². The van der Waals surface area contributed by atoms with Gasteiger partial charge in [0.2, 0.25) is 0 Å². The second-order valence-electron chi connectivity index (χ2n) is 4.86. The van der Waals surface area contributed by atoms with Crippen molar-refractivity contribution in [3.8, 4) is 0 Å². The van der Waals surface area contributed by atoms with Gasteiger partial charge in [-0.15, -0.1) is 0 Å². The van der Waals surface area contributed by atoms with Crippen molar-refractivity contribution in [2.45, 2.75) is 26.3 Å². The molecule has 0 spiro atoms. The van der Waals surface area contributed by atoms with Gasteiger partial charge in [-0.2, -0.15) is 0 Å². The first-order valence-electron chi connectivity index (χ1n) is 6.32. The van der Waals surface area contributed by atoms with Gasteiger partial charge in [0.1, 0.15) is 6.33 Å². The summed E-state index contributed by atoms with van der Waals surface area (Å²) in [6.45, 7) is 4.47. The van der Waals surface area contributed by atoms with Gasteiger partial charge in [0, 0.05) is 0 Å². The third-order valence-corrected chi connectivity index (χ3v) is 2.81. The van der Waals surface area contributed by atoms with Gasteiger partial charge in [0.05, 0.1) is 24.1 Å². The quantitative estimate of drug-likeness (QED) is 0.867. The van der Waals surface area contributed by atoms with Gasteiger partial charge in [0.25, 0.3) is 0 Å². The van der Waals surface area contributed by atoms with Crippen molar-refractivity contribution in [3.63, 3.8) is 0 Å². The Morgan fingerprint density at radius 1 is 1.06 bits per heavy atom. The molecule has 3 heteroatoms. The molecule has 94 valence electrons. The molecule has 1 heterocycles. The number of rotatable bonds is 5. The van der Waals surface area contributed by atoms with E-state index in [0.717, 1.165) is 12.1 Å². The first kappa shape index (κ1) is 12.6. The summed E-state index contributed by atoms with van der Waals surface area (Å²) < 4.78 is 0. The lowest BCUT2D eigenvalue weighted by Gasteiger charge is -2.21. The molecule has 0 bridgehead atoms. The van der Waals surface area contributed by atoms with Crippen molar-refractivity contribution in [2.75, 3.05) is 5.32 Å². The lowest BCUT2D eigenvalue weighted by molar-refractivity contribution is 0.531. The summed E-state index contributed by atoms with van der Waals surface area (Å²) >= 11 is 0. The predicted molar refractivity (Wildman–Crippen MR) is 74.3 cm³/mol. The zero-order valence-corrected chi connectivity index (χ0v) is 10.9. The zero-order chi connectivity index (χ0) is 12.8. The van der Waals surface area contributed by atoms with E-state index in [1.54, 1.807) is 6.33 Å². The third kappa shape index (κ3) is 3.55. The second kappa shape index (κ2) is 6.15. The molecule has 1 unspecified atom stereocenters. The first-order valence-corrected chi connectivity index (χ1v) is 6.32. The number of nitrogens with zero attached hydrogens (tertiary/aromatic N) is 2. The van der Waals surface area contributed by atoms with E-state index in [-0.39, 0.29) is 0 Å². The van der Waals surface area contributed by atoms with E-state index in [2.05, 4.69) is 53.4 Å². The van der Waals surface area contributed by atoms with Crippen LogP contribution in [0.15, 0.2) is 49.1 Å². The Kier molecular flexibility index (Phi) is 4.29. The van der Waals surface area contributed by atoms with E-state index in [1.165, 1.54) is 5.56 Å². The monoisotopic (exact) mass is 241 g/mol. The van der Waals surface area contributed by atoms with Crippen LogP contribution in [-0.4, -0.2) is 9.97 Å². The maximum absolute atomic E-state index is 4.04. The molecule has 1 aromatic carbocycles. The van der Waals surface area contributed by atoms with Crippen LogP contribution in [-0.2, 0) is 0 Å². The normalized spacial score (nSPS) is 12.4. The highest BCUT2D eigenvalue weighted by molar-refractivity contribution is 5.41. The molecular formula is C15H19N3. The van der Waals surface area contributed by atoms with E-state index in [1.807, 2.05) is 18.5 Å². The average molecular weight is 241 g/mol. The van der Waals surface area contributed by atoms with Crippen LogP contribution >= 0.6 is 0 Å². The third-order valence-electron chi connectivity index (χ3n) is 2.81. The van der Waals surface area contributed by atoms with Crippen molar-refractivity contribution in [2.24, 2.45) is 5.92 Å². The fourth-order valence-corrected chi connectivity index (χ4v) is 2.01.